The molecule has 0 saturated carbocycles. The first-order valence-electron chi connectivity index (χ1n) is 7.73. The van der Waals surface area contributed by atoms with E-state index in [4.69, 9.17) is 5.73 Å². The van der Waals surface area contributed by atoms with E-state index in [1.807, 2.05) is 27.7 Å². The van der Waals surface area contributed by atoms with Gasteiger partial charge in [-0.3, -0.25) is 9.59 Å². The van der Waals surface area contributed by atoms with Gasteiger partial charge in [0.25, 0.3) is 0 Å². The Hall–Kier alpha value is -1.10. The van der Waals surface area contributed by atoms with Crippen LogP contribution in [0.5, 0.6) is 0 Å². The first kappa shape index (κ1) is 19.9. The SMILES string of the molecule is CC(=O)C(C)(C)CCCCC([NH+]=[N-])C(C)(C)C(=O)CCN. The third kappa shape index (κ3) is 6.04. The van der Waals surface area contributed by atoms with Crippen LogP contribution in [0.25, 0.3) is 5.53 Å². The number of hydrogen-bond acceptors (Lipinski definition) is 3. The lowest BCUT2D eigenvalue weighted by atomic mass is 9.76. The topological polar surface area (TPSA) is 96.4 Å². The van der Waals surface area contributed by atoms with E-state index >= 15 is 0 Å². The Balaban J connectivity index is 4.43. The molecule has 21 heavy (non-hydrogen) atoms. The number of hydrogen-bond donors (Lipinski definition) is 2. The van der Waals surface area contributed by atoms with Gasteiger partial charge in [-0.05, 0) is 40.2 Å². The molecule has 0 bridgehead atoms. The Labute approximate surface area is 128 Å². The number of nitrogens with two attached hydrogens (primary N) is 1. The molecule has 0 saturated heterocycles. The van der Waals surface area contributed by atoms with Crippen molar-refractivity contribution in [3.63, 3.8) is 0 Å². The molecule has 0 fully saturated rings. The summed E-state index contributed by atoms with van der Waals surface area (Å²) < 4.78 is 0. The van der Waals surface area contributed by atoms with Gasteiger partial charge in [0.2, 0.25) is 0 Å². The molecule has 5 heteroatoms. The van der Waals surface area contributed by atoms with Crippen LogP contribution >= 0.6 is 0 Å². The van der Waals surface area contributed by atoms with Gasteiger partial charge in [-0.15, -0.1) is 0 Å². The lowest BCUT2D eigenvalue weighted by molar-refractivity contribution is -0.541. The van der Waals surface area contributed by atoms with Crippen LogP contribution in [0.1, 0.15) is 66.7 Å². The van der Waals surface area contributed by atoms with Crippen molar-refractivity contribution >= 4 is 11.6 Å². The number of Topliss-reactive ketones (excluding diaryl/α,β-unsaturated/α-hetero) is 2. The maximum atomic E-state index is 12.1. The third-order valence-corrected chi connectivity index (χ3v) is 4.61. The summed E-state index contributed by atoms with van der Waals surface area (Å²) in [6.07, 6.45) is 3.58. The van der Waals surface area contributed by atoms with Gasteiger partial charge in [0.05, 0.1) is 5.41 Å². The van der Waals surface area contributed by atoms with Crippen molar-refractivity contribution in [2.75, 3.05) is 6.54 Å². The fourth-order valence-corrected chi connectivity index (χ4v) is 2.33. The van der Waals surface area contributed by atoms with Crippen molar-refractivity contribution in [2.45, 2.75) is 72.8 Å². The summed E-state index contributed by atoms with van der Waals surface area (Å²) in [4.78, 5) is 23.5. The van der Waals surface area contributed by atoms with Crippen molar-refractivity contribution in [1.82, 2.24) is 0 Å². The van der Waals surface area contributed by atoms with Crippen LogP contribution in [-0.2, 0) is 9.59 Å². The van der Waals surface area contributed by atoms with Crippen molar-refractivity contribution in [1.29, 1.82) is 0 Å². The molecule has 0 heterocycles. The first-order valence-corrected chi connectivity index (χ1v) is 7.73. The number of nitrogens with one attached hydrogen (secondary N) is 1. The van der Waals surface area contributed by atoms with Gasteiger partial charge >= 0.3 is 0 Å². The maximum Gasteiger partial charge on any atom is 0.151 e. The van der Waals surface area contributed by atoms with E-state index in [1.165, 1.54) is 0 Å². The van der Waals surface area contributed by atoms with Gasteiger partial charge in [0.15, 0.2) is 6.04 Å². The number of carbonyl (C=O) groups excluding carboxylic acids is 2. The first-order chi connectivity index (χ1) is 9.59. The second-order valence-electron chi connectivity index (χ2n) is 7.05. The van der Waals surface area contributed by atoms with Crippen LogP contribution in [0.3, 0.4) is 0 Å². The highest BCUT2D eigenvalue weighted by molar-refractivity contribution is 5.84. The highest BCUT2D eigenvalue weighted by Gasteiger charge is 2.38. The van der Waals surface area contributed by atoms with Crippen LogP contribution in [0.2, 0.25) is 0 Å². The Bertz CT molecular complexity index is 376. The summed E-state index contributed by atoms with van der Waals surface area (Å²) in [6, 6.07) is -0.294. The minimum atomic E-state index is -0.649. The summed E-state index contributed by atoms with van der Waals surface area (Å²) in [7, 11) is 0. The lowest BCUT2D eigenvalue weighted by Crippen LogP contribution is -2.77. The van der Waals surface area contributed by atoms with E-state index in [2.05, 4.69) is 5.11 Å². The van der Waals surface area contributed by atoms with Crippen molar-refractivity contribution in [2.24, 2.45) is 16.6 Å². The standard InChI is InChI=1S/C16H31N3O2/c1-12(20)15(2,3)10-7-6-8-13(19-18)16(4,5)14(21)9-11-17/h13,19H,6-11,17H2,1-5H3. The monoisotopic (exact) mass is 297 g/mol. The molecule has 3 N–H and O–H groups in total. The molecular weight excluding hydrogens is 266 g/mol. The van der Waals surface area contributed by atoms with Crippen molar-refractivity contribution in [3.05, 3.63) is 5.53 Å². The summed E-state index contributed by atoms with van der Waals surface area (Å²) in [5.74, 6) is 0.249. The smallest absolute Gasteiger partial charge is 0.151 e. The number of carbonyl (C=O) groups is 2. The molecule has 122 valence electrons. The maximum absolute atomic E-state index is 12.1. The Morgan fingerprint density at radius 3 is 2.19 bits per heavy atom. The number of nitrogens with zero attached hydrogens (tertiary/aromatic N) is 1. The number of ketones is 2. The molecule has 0 radical (unpaired) electrons. The average Bonchev–Trinajstić information content (AvgIpc) is 2.38. The van der Waals surface area contributed by atoms with Crippen LogP contribution in [-0.4, -0.2) is 24.2 Å². The van der Waals surface area contributed by atoms with Crippen LogP contribution in [0.4, 0.5) is 0 Å². The highest BCUT2D eigenvalue weighted by atomic mass is 16.1. The van der Waals surface area contributed by atoms with Crippen LogP contribution < -0.4 is 10.8 Å². The quantitative estimate of drug-likeness (QED) is 0.447. The van der Waals surface area contributed by atoms with Gasteiger partial charge < -0.3 is 16.4 Å². The van der Waals surface area contributed by atoms with Gasteiger partial charge in [0, 0.05) is 18.3 Å². The molecule has 0 aromatic carbocycles. The minimum absolute atomic E-state index is 0.0561. The Kier molecular flexibility index (Phi) is 7.93. The van der Waals surface area contributed by atoms with Crippen LogP contribution in [0, 0.1) is 10.8 Å². The van der Waals surface area contributed by atoms with E-state index in [-0.39, 0.29) is 23.0 Å². The molecular formula is C16H31N3O2. The van der Waals surface area contributed by atoms with E-state index in [0.717, 1.165) is 19.3 Å². The van der Waals surface area contributed by atoms with E-state index in [9.17, 15) is 15.1 Å². The Morgan fingerprint density at radius 2 is 1.76 bits per heavy atom. The van der Waals surface area contributed by atoms with E-state index in [1.54, 1.807) is 6.92 Å². The molecule has 0 spiro atoms. The fraction of sp³-hybridized carbons (Fsp3) is 0.875. The molecule has 0 aromatic heterocycles. The largest absolute Gasteiger partial charge is 0.508 e. The van der Waals surface area contributed by atoms with E-state index in [0.29, 0.717) is 19.4 Å². The minimum Gasteiger partial charge on any atom is -0.508 e. The van der Waals surface area contributed by atoms with Gasteiger partial charge in [-0.25, -0.2) is 0 Å². The lowest BCUT2D eigenvalue weighted by Gasteiger charge is -2.28. The highest BCUT2D eigenvalue weighted by Crippen LogP contribution is 2.27. The third-order valence-electron chi connectivity index (χ3n) is 4.61. The molecule has 0 aliphatic rings. The summed E-state index contributed by atoms with van der Waals surface area (Å²) >= 11 is 0. The molecule has 0 aliphatic heterocycles. The van der Waals surface area contributed by atoms with Gasteiger partial charge in [0.1, 0.15) is 11.6 Å². The molecule has 0 aliphatic carbocycles. The van der Waals surface area contributed by atoms with Gasteiger partial charge in [-0.2, -0.15) is 0 Å². The fourth-order valence-electron chi connectivity index (χ4n) is 2.33. The molecule has 5 nitrogen and oxygen atoms in total. The second kappa shape index (κ2) is 8.37. The Morgan fingerprint density at radius 1 is 1.19 bits per heavy atom. The van der Waals surface area contributed by atoms with Crippen molar-refractivity contribution < 1.29 is 14.7 Å². The zero-order valence-corrected chi connectivity index (χ0v) is 14.2. The predicted molar refractivity (Wildman–Crippen MR) is 83.5 cm³/mol. The summed E-state index contributed by atoms with van der Waals surface area (Å²) in [5.41, 5.74) is 13.8. The number of rotatable bonds is 11. The van der Waals surface area contributed by atoms with E-state index < -0.39 is 5.41 Å². The summed E-state index contributed by atoms with van der Waals surface area (Å²) in [6.45, 7) is 9.51. The molecule has 0 rings (SSSR count). The molecule has 1 atom stereocenters. The predicted octanol–water partition coefficient (Wildman–Crippen LogP) is 1.58. The molecule has 1 unspecified atom stereocenters. The van der Waals surface area contributed by atoms with Crippen molar-refractivity contribution in [3.8, 4) is 0 Å². The second-order valence-corrected chi connectivity index (χ2v) is 7.05. The zero-order chi connectivity index (χ0) is 16.7. The average molecular weight is 297 g/mol. The normalized spacial score (nSPS) is 13.8. The number of unbranched alkanes of at least 4 members (excludes halogenated alkanes) is 1. The zero-order valence-electron chi connectivity index (χ0n) is 14.2. The summed E-state index contributed by atoms with van der Waals surface area (Å²) in [5, 5.41) is 2.27. The van der Waals surface area contributed by atoms with Crippen LogP contribution in [0.15, 0.2) is 0 Å². The van der Waals surface area contributed by atoms with Gasteiger partial charge in [-0.1, -0.05) is 20.3 Å². The molecule has 0 amide bonds. The molecule has 0 aromatic rings.